The van der Waals surface area contributed by atoms with Gasteiger partial charge in [0.1, 0.15) is 5.03 Å². The number of nitrogens with zero attached hydrogens (tertiary/aromatic N) is 1. The van der Waals surface area contributed by atoms with Gasteiger partial charge < -0.3 is 10.2 Å². The molecule has 0 aliphatic carbocycles. The Morgan fingerprint density at radius 1 is 1.67 bits per heavy atom. The normalized spacial score (nSPS) is 12.4. The van der Waals surface area contributed by atoms with E-state index < -0.39 is 12.1 Å². The third-order valence-corrected chi connectivity index (χ3v) is 3.11. The molecule has 1 aromatic rings. The van der Waals surface area contributed by atoms with Crippen LogP contribution in [0.2, 0.25) is 5.02 Å². The highest BCUT2D eigenvalue weighted by molar-refractivity contribution is 7.99. The Labute approximate surface area is 96.3 Å². The van der Waals surface area contributed by atoms with E-state index in [2.05, 4.69) is 4.98 Å². The second-order valence-corrected chi connectivity index (χ2v) is 4.27. The van der Waals surface area contributed by atoms with Crippen LogP contribution in [0.5, 0.6) is 0 Å². The largest absolute Gasteiger partial charge is 0.481 e. The van der Waals surface area contributed by atoms with Crippen LogP contribution in [0.25, 0.3) is 0 Å². The summed E-state index contributed by atoms with van der Waals surface area (Å²) in [5.74, 6) is -0.751. The summed E-state index contributed by atoms with van der Waals surface area (Å²) in [6, 6.07) is 3.40. The molecule has 1 atom stereocenters. The second-order valence-electron chi connectivity index (χ2n) is 2.85. The zero-order valence-electron chi connectivity index (χ0n) is 7.76. The van der Waals surface area contributed by atoms with Gasteiger partial charge >= 0.3 is 5.97 Å². The lowest BCUT2D eigenvalue weighted by atomic mass is 10.3. The first-order valence-corrected chi connectivity index (χ1v) is 5.59. The molecule has 0 aliphatic rings. The van der Waals surface area contributed by atoms with Crippen LogP contribution >= 0.6 is 23.4 Å². The molecular formula is C9H10ClNO3S. The van der Waals surface area contributed by atoms with Gasteiger partial charge in [0.05, 0.1) is 17.5 Å². The van der Waals surface area contributed by atoms with E-state index in [0.29, 0.717) is 10.0 Å². The van der Waals surface area contributed by atoms with Crippen LogP contribution in [-0.2, 0) is 4.79 Å². The van der Waals surface area contributed by atoms with Gasteiger partial charge in [-0.1, -0.05) is 11.6 Å². The summed E-state index contributed by atoms with van der Waals surface area (Å²) in [5, 5.41) is 18.8. The molecule has 82 valence electrons. The first-order chi connectivity index (χ1) is 7.09. The van der Waals surface area contributed by atoms with Gasteiger partial charge in [-0.05, 0) is 12.1 Å². The second kappa shape index (κ2) is 5.95. The van der Waals surface area contributed by atoms with E-state index in [0.717, 1.165) is 0 Å². The van der Waals surface area contributed by atoms with Gasteiger partial charge in [0.15, 0.2) is 0 Å². The Hall–Kier alpha value is -0.780. The highest BCUT2D eigenvalue weighted by Crippen LogP contribution is 2.24. The van der Waals surface area contributed by atoms with Gasteiger partial charge in [0, 0.05) is 11.9 Å². The summed E-state index contributed by atoms with van der Waals surface area (Å²) in [5.41, 5.74) is 0. The number of hydrogen-bond donors (Lipinski definition) is 2. The van der Waals surface area contributed by atoms with Crippen molar-refractivity contribution >= 4 is 29.3 Å². The molecule has 1 rings (SSSR count). The van der Waals surface area contributed by atoms with Crippen LogP contribution in [0.15, 0.2) is 23.4 Å². The molecule has 1 heterocycles. The number of carbonyl (C=O) groups is 1. The number of carboxylic acid groups (broad SMARTS) is 1. The van der Waals surface area contributed by atoms with Crippen LogP contribution in [-0.4, -0.2) is 33.0 Å². The number of halogens is 1. The molecule has 0 aliphatic heterocycles. The van der Waals surface area contributed by atoms with Crippen molar-refractivity contribution in [3.8, 4) is 0 Å². The number of aliphatic hydroxyl groups is 1. The van der Waals surface area contributed by atoms with E-state index in [4.69, 9.17) is 16.7 Å². The number of aliphatic hydroxyl groups excluding tert-OH is 1. The van der Waals surface area contributed by atoms with E-state index in [9.17, 15) is 9.90 Å². The lowest BCUT2D eigenvalue weighted by Crippen LogP contribution is -2.15. The molecule has 1 unspecified atom stereocenters. The smallest absolute Gasteiger partial charge is 0.306 e. The van der Waals surface area contributed by atoms with Crippen molar-refractivity contribution in [3.05, 3.63) is 23.4 Å². The molecule has 1 aromatic heterocycles. The highest BCUT2D eigenvalue weighted by atomic mass is 35.5. The molecule has 0 aromatic carbocycles. The van der Waals surface area contributed by atoms with E-state index >= 15 is 0 Å². The van der Waals surface area contributed by atoms with E-state index in [1.54, 1.807) is 18.3 Å². The molecule has 4 nitrogen and oxygen atoms in total. The molecule has 0 fully saturated rings. The average Bonchev–Trinajstić information content (AvgIpc) is 2.15. The Morgan fingerprint density at radius 3 is 3.00 bits per heavy atom. The predicted octanol–water partition coefficient (Wildman–Crippen LogP) is 1.66. The summed E-state index contributed by atoms with van der Waals surface area (Å²) in [7, 11) is 0. The Kier molecular flexibility index (Phi) is 4.87. The third kappa shape index (κ3) is 4.51. The summed E-state index contributed by atoms with van der Waals surface area (Å²) in [6.45, 7) is 0. The maximum atomic E-state index is 10.3. The molecule has 0 saturated carbocycles. The first-order valence-electron chi connectivity index (χ1n) is 4.22. The summed E-state index contributed by atoms with van der Waals surface area (Å²) in [4.78, 5) is 14.3. The number of carboxylic acids is 1. The van der Waals surface area contributed by atoms with E-state index in [-0.39, 0.29) is 12.2 Å². The average molecular weight is 248 g/mol. The van der Waals surface area contributed by atoms with Gasteiger partial charge in [-0.2, -0.15) is 0 Å². The molecular weight excluding hydrogens is 238 g/mol. The number of pyridine rings is 1. The maximum Gasteiger partial charge on any atom is 0.306 e. The van der Waals surface area contributed by atoms with Crippen molar-refractivity contribution in [2.75, 3.05) is 5.75 Å². The molecule has 6 heteroatoms. The molecule has 0 spiro atoms. The van der Waals surface area contributed by atoms with Crippen LogP contribution < -0.4 is 0 Å². The van der Waals surface area contributed by atoms with Gasteiger partial charge in [-0.3, -0.25) is 4.79 Å². The third-order valence-electron chi connectivity index (χ3n) is 1.55. The van der Waals surface area contributed by atoms with Crippen LogP contribution in [0.4, 0.5) is 0 Å². The lowest BCUT2D eigenvalue weighted by Gasteiger charge is -2.07. The van der Waals surface area contributed by atoms with Crippen molar-refractivity contribution in [1.82, 2.24) is 4.98 Å². The minimum Gasteiger partial charge on any atom is -0.481 e. The Balaban J connectivity index is 2.43. The maximum absolute atomic E-state index is 10.3. The Bertz CT molecular complexity index is 348. The zero-order valence-corrected chi connectivity index (χ0v) is 9.33. The van der Waals surface area contributed by atoms with Crippen LogP contribution in [0.3, 0.4) is 0 Å². The van der Waals surface area contributed by atoms with Gasteiger partial charge in [-0.15, -0.1) is 11.8 Å². The fourth-order valence-corrected chi connectivity index (χ4v) is 2.01. The fraction of sp³-hybridized carbons (Fsp3) is 0.333. The van der Waals surface area contributed by atoms with Crippen LogP contribution in [0.1, 0.15) is 6.42 Å². The summed E-state index contributed by atoms with van der Waals surface area (Å²) in [6.07, 6.45) is 0.445. The molecule has 15 heavy (non-hydrogen) atoms. The number of thioether (sulfide) groups is 1. The van der Waals surface area contributed by atoms with Crippen molar-refractivity contribution < 1.29 is 15.0 Å². The monoisotopic (exact) mass is 247 g/mol. The highest BCUT2D eigenvalue weighted by Gasteiger charge is 2.11. The number of aromatic nitrogens is 1. The predicted molar refractivity (Wildman–Crippen MR) is 58.2 cm³/mol. The molecule has 2 N–H and O–H groups in total. The first kappa shape index (κ1) is 12.3. The van der Waals surface area contributed by atoms with Gasteiger partial charge in [-0.25, -0.2) is 4.98 Å². The molecule has 0 radical (unpaired) electrons. The minimum atomic E-state index is -1.02. The van der Waals surface area contributed by atoms with Crippen molar-refractivity contribution in [2.45, 2.75) is 17.6 Å². The van der Waals surface area contributed by atoms with E-state index in [1.807, 2.05) is 0 Å². The molecule has 0 amide bonds. The minimum absolute atomic E-state index is 0.266. The number of rotatable bonds is 5. The van der Waals surface area contributed by atoms with Gasteiger partial charge in [0.2, 0.25) is 0 Å². The van der Waals surface area contributed by atoms with E-state index in [1.165, 1.54) is 11.8 Å². The van der Waals surface area contributed by atoms with Crippen molar-refractivity contribution in [2.24, 2.45) is 0 Å². The molecule has 0 saturated heterocycles. The fourth-order valence-electron chi connectivity index (χ4n) is 0.913. The van der Waals surface area contributed by atoms with Gasteiger partial charge in [0.25, 0.3) is 0 Å². The standard InChI is InChI=1S/C9H10ClNO3S/c10-7-2-1-3-11-9(7)15-5-6(12)4-8(13)14/h1-3,6,12H,4-5H2,(H,13,14). The quantitative estimate of drug-likeness (QED) is 0.775. The molecule has 0 bridgehead atoms. The lowest BCUT2D eigenvalue weighted by molar-refractivity contribution is -0.138. The van der Waals surface area contributed by atoms with Crippen molar-refractivity contribution in [1.29, 1.82) is 0 Å². The SMILES string of the molecule is O=C(O)CC(O)CSc1ncccc1Cl. The zero-order chi connectivity index (χ0) is 11.3. The number of aliphatic carboxylic acids is 1. The summed E-state index contributed by atoms with van der Waals surface area (Å²) >= 11 is 7.07. The Morgan fingerprint density at radius 2 is 2.40 bits per heavy atom. The van der Waals surface area contributed by atoms with Crippen molar-refractivity contribution in [3.63, 3.8) is 0 Å². The topological polar surface area (TPSA) is 70.4 Å². The van der Waals surface area contributed by atoms with Crippen LogP contribution in [0, 0.1) is 0 Å². The summed E-state index contributed by atoms with van der Waals surface area (Å²) < 4.78 is 0. The number of hydrogen-bond acceptors (Lipinski definition) is 4.